The molecule has 0 radical (unpaired) electrons. The van der Waals surface area contributed by atoms with E-state index >= 15 is 0 Å². The van der Waals surface area contributed by atoms with Gasteiger partial charge in [0.25, 0.3) is 0 Å². The van der Waals surface area contributed by atoms with Crippen molar-refractivity contribution in [1.29, 1.82) is 0 Å². The van der Waals surface area contributed by atoms with Gasteiger partial charge >= 0.3 is 23.9 Å². The third-order valence-electron chi connectivity index (χ3n) is 14.5. The van der Waals surface area contributed by atoms with Crippen LogP contribution in [0.3, 0.4) is 0 Å². The highest BCUT2D eigenvalue weighted by Gasteiger charge is 2.21. The maximum atomic E-state index is 14.2. The summed E-state index contributed by atoms with van der Waals surface area (Å²) in [6.45, 7) is 12.3. The minimum Gasteiger partial charge on any atom is -0.318 e. The molecule has 18 heteroatoms. The molecule has 0 fully saturated rings. The number of aromatic nitrogens is 2. The number of rotatable bonds is 21. The number of nitrogens with zero attached hydrogens (tertiary/aromatic N) is 6. The van der Waals surface area contributed by atoms with E-state index in [0.717, 1.165) is 111 Å². The molecule has 0 saturated heterocycles. The van der Waals surface area contributed by atoms with Gasteiger partial charge in [0.15, 0.2) is 11.6 Å². The summed E-state index contributed by atoms with van der Waals surface area (Å²) < 4.78 is 4.23. The molecule has 10 rings (SSSR count). The number of benzene rings is 8. The molecule has 0 saturated carbocycles. The normalized spacial score (nSPS) is 12.2. The lowest BCUT2D eigenvalue weighted by molar-refractivity contribution is -0.141. The molecule has 2 heterocycles. The van der Waals surface area contributed by atoms with E-state index in [9.17, 15) is 28.8 Å². The molecule has 0 aliphatic heterocycles. The fourth-order valence-corrected chi connectivity index (χ4v) is 11.9. The minimum atomic E-state index is -0.522. The average Bonchev–Trinajstić information content (AvgIpc) is 1.68. The summed E-state index contributed by atoms with van der Waals surface area (Å²) in [6.07, 6.45) is 1.98. The lowest BCUT2D eigenvalue weighted by atomic mass is 10.0. The fourth-order valence-electron chi connectivity index (χ4n) is 10.1. The van der Waals surface area contributed by atoms with Gasteiger partial charge in [-0.05, 0) is 208 Å². The van der Waals surface area contributed by atoms with Gasteiger partial charge in [0.1, 0.15) is 0 Å². The molecular weight excluding hydrogens is 1150 g/mol. The number of thioether (sulfide) groups is 2. The van der Waals surface area contributed by atoms with Gasteiger partial charge in [-0.2, -0.15) is 0 Å². The highest BCUT2D eigenvalue weighted by molar-refractivity contribution is 7.99. The smallest absolute Gasteiger partial charge is 0.318 e. The molecule has 0 bridgehead atoms. The lowest BCUT2D eigenvalue weighted by Crippen LogP contribution is -2.02. The molecule has 442 valence electrons. The van der Waals surface area contributed by atoms with Crippen molar-refractivity contribution in [2.24, 2.45) is 20.6 Å². The van der Waals surface area contributed by atoms with Gasteiger partial charge in [-0.15, -0.1) is 23.5 Å². The first-order valence-corrected chi connectivity index (χ1v) is 30.2. The molecule has 0 amide bonds. The lowest BCUT2D eigenvalue weighted by Gasteiger charge is -2.10. The minimum absolute atomic E-state index is 0.107. The van der Waals surface area contributed by atoms with Crippen molar-refractivity contribution < 1.29 is 48.1 Å². The quantitative estimate of drug-likeness (QED) is 0.0165. The van der Waals surface area contributed by atoms with Crippen LogP contribution in [0.4, 0.5) is 0 Å². The van der Waals surface area contributed by atoms with E-state index in [1.807, 2.05) is 170 Å². The summed E-state index contributed by atoms with van der Waals surface area (Å²) >= 11 is 3.50. The first kappa shape index (κ1) is 61.1. The number of hydrogen-bond donors (Lipinski definition) is 0. The number of fused-ring (bicyclic) bond motifs is 6. The predicted molar refractivity (Wildman–Crippen MR) is 348 cm³/mol. The van der Waals surface area contributed by atoms with Crippen molar-refractivity contribution in [3.8, 4) is 11.4 Å². The van der Waals surface area contributed by atoms with Crippen LogP contribution < -0.4 is 0 Å². The van der Waals surface area contributed by atoms with E-state index in [1.54, 1.807) is 51.2 Å². The molecule has 0 spiro atoms. The Morgan fingerprint density at radius 1 is 0.318 bits per heavy atom. The van der Waals surface area contributed by atoms with E-state index in [0.29, 0.717) is 45.1 Å². The van der Waals surface area contributed by atoms with Gasteiger partial charge < -0.3 is 28.5 Å². The molecule has 10 aromatic rings. The Kier molecular flexibility index (Phi) is 18.8. The molecule has 0 aliphatic rings. The van der Waals surface area contributed by atoms with Crippen LogP contribution in [0.15, 0.2) is 200 Å². The third kappa shape index (κ3) is 13.9. The number of unbranched alkanes of at least 4 members (excludes halogenated alkanes) is 1. The SMILES string of the molecule is CC(=O)O/N=C(\C)c1ccc(-n2c3ccc(C(=O)c4ccc(SCCCCSc5ccc(C(=O)c6ccc7c(c6)c6cc(/C(C)=N/OC(C)=O)ccc6n7-c6ccc(/C(C)=N/OC(C)=O)cc6)cc5)cc4)cc3c3cc(/C(C)=N/OC(C)=O)ccc32)cc1. The zero-order valence-electron chi connectivity index (χ0n) is 49.6. The van der Waals surface area contributed by atoms with Gasteiger partial charge in [-0.1, -0.05) is 57.0 Å². The number of oxime groups is 4. The molecule has 0 N–H and O–H groups in total. The maximum Gasteiger partial charge on any atom is 0.331 e. The molecule has 0 atom stereocenters. The van der Waals surface area contributed by atoms with E-state index < -0.39 is 23.9 Å². The number of carbonyl (C=O) groups is 6. The van der Waals surface area contributed by atoms with Gasteiger partial charge in [0.05, 0.1) is 44.9 Å². The Morgan fingerprint density at radius 2 is 0.568 bits per heavy atom. The summed E-state index contributed by atoms with van der Waals surface area (Å²) in [6, 6.07) is 54.2. The largest absolute Gasteiger partial charge is 0.331 e. The Hall–Kier alpha value is -10.0. The summed E-state index contributed by atoms with van der Waals surface area (Å²) in [5, 5.41) is 19.4. The van der Waals surface area contributed by atoms with Crippen LogP contribution in [0.2, 0.25) is 0 Å². The van der Waals surface area contributed by atoms with Crippen LogP contribution in [0, 0.1) is 0 Å². The summed E-state index contributed by atoms with van der Waals surface area (Å²) in [5.74, 6) is -0.447. The Morgan fingerprint density at radius 3 is 0.864 bits per heavy atom. The van der Waals surface area contributed by atoms with Gasteiger partial charge in [-0.3, -0.25) is 9.59 Å². The molecule has 0 aliphatic carbocycles. The molecule has 0 unspecified atom stereocenters. The zero-order valence-corrected chi connectivity index (χ0v) is 51.2. The van der Waals surface area contributed by atoms with Crippen molar-refractivity contribution in [3.63, 3.8) is 0 Å². The van der Waals surface area contributed by atoms with Crippen LogP contribution in [-0.4, -0.2) is 78.9 Å². The summed E-state index contributed by atoms with van der Waals surface area (Å²) in [7, 11) is 0. The first-order valence-electron chi connectivity index (χ1n) is 28.2. The van der Waals surface area contributed by atoms with Gasteiger partial charge in [0, 0.05) is 92.7 Å². The van der Waals surface area contributed by atoms with Crippen LogP contribution in [0.1, 0.15) is 122 Å². The molecule has 88 heavy (non-hydrogen) atoms. The average molecular weight is 1210 g/mol. The predicted octanol–water partition coefficient (Wildman–Crippen LogP) is 15.2. The number of hydrogen-bond acceptors (Lipinski definition) is 16. The topological polar surface area (TPSA) is 199 Å². The molecule has 2 aromatic heterocycles. The number of ketones is 2. The van der Waals surface area contributed by atoms with Gasteiger partial charge in [-0.25, -0.2) is 19.2 Å². The monoisotopic (exact) mass is 1210 g/mol. The van der Waals surface area contributed by atoms with Crippen molar-refractivity contribution in [3.05, 3.63) is 214 Å². The van der Waals surface area contributed by atoms with Crippen LogP contribution in [0.25, 0.3) is 55.0 Å². The Labute approximate surface area is 515 Å². The number of carbonyl (C=O) groups excluding carboxylic acids is 6. The second-order valence-corrected chi connectivity index (χ2v) is 23.2. The van der Waals surface area contributed by atoms with Crippen molar-refractivity contribution in [1.82, 2.24) is 9.13 Å². The second kappa shape index (κ2) is 27.1. The highest BCUT2D eigenvalue weighted by Crippen LogP contribution is 2.37. The first-order chi connectivity index (χ1) is 42.4. The van der Waals surface area contributed by atoms with Crippen LogP contribution >= 0.6 is 23.5 Å². The highest BCUT2D eigenvalue weighted by atomic mass is 32.2. The van der Waals surface area contributed by atoms with Crippen molar-refractivity contribution in [2.45, 2.75) is 78.0 Å². The van der Waals surface area contributed by atoms with Crippen LogP contribution in [0.5, 0.6) is 0 Å². The van der Waals surface area contributed by atoms with Gasteiger partial charge in [0.2, 0.25) is 0 Å². The van der Waals surface area contributed by atoms with Crippen molar-refractivity contribution >= 4 is 125 Å². The molecular formula is C70H60N6O10S2. The van der Waals surface area contributed by atoms with E-state index in [2.05, 4.69) is 29.8 Å². The standard InChI is InChI=1S/C70H60N6O10S2/c1-41(71-83-45(5)77)49-11-23-57(24-12-49)75-65-31-19-53(43(3)73-85-47(7)79)37-61(65)63-39-55(21-33-67(63)75)69(81)51-15-27-59(28-16-51)87-35-9-10-36-88-60-29-17-52(18-30-60)70(82)56-22-34-68-64(40-56)62-38-54(44(4)74-86-48(8)80)20-32-66(62)76(68)58-25-13-50(14-26-58)42(2)72-84-46(6)78/h11-34,37-40H,9-10,35-36H2,1-8H3/b71-41+,72-42+,73-43+,74-44+. The van der Waals surface area contributed by atoms with Crippen LogP contribution in [-0.2, 0) is 38.5 Å². The van der Waals surface area contributed by atoms with E-state index in [1.165, 1.54) is 27.7 Å². The zero-order chi connectivity index (χ0) is 62.2. The summed E-state index contributed by atoms with van der Waals surface area (Å²) in [5.41, 5.74) is 12.7. The Bertz CT molecular complexity index is 4230. The Balaban J connectivity index is 0.774. The van der Waals surface area contributed by atoms with Crippen molar-refractivity contribution in [2.75, 3.05) is 11.5 Å². The van der Waals surface area contributed by atoms with E-state index in [4.69, 9.17) is 19.4 Å². The fraction of sp³-hybridized carbons (Fsp3) is 0.171. The molecule has 8 aromatic carbocycles. The summed E-state index contributed by atoms with van der Waals surface area (Å²) in [4.78, 5) is 95.9. The van der Waals surface area contributed by atoms with E-state index in [-0.39, 0.29) is 11.6 Å². The molecule has 16 nitrogen and oxygen atoms in total. The third-order valence-corrected chi connectivity index (χ3v) is 16.7. The second-order valence-electron chi connectivity index (χ2n) is 20.8. The maximum absolute atomic E-state index is 14.2.